The summed E-state index contributed by atoms with van der Waals surface area (Å²) in [7, 11) is -1.31. The minimum atomic E-state index is -1.31. The zero-order valence-corrected chi connectivity index (χ0v) is 22.4. The maximum Gasteiger partial charge on any atom is 0.315 e. The van der Waals surface area contributed by atoms with E-state index in [4.69, 9.17) is 23.2 Å². The van der Waals surface area contributed by atoms with Crippen molar-refractivity contribution >= 4 is 45.8 Å². The number of carbonyl (C=O) groups is 2. The Morgan fingerprint density at radius 3 is 2.50 bits per heavy atom. The van der Waals surface area contributed by atoms with Crippen molar-refractivity contribution in [3.8, 4) is 5.75 Å². The lowest BCUT2D eigenvalue weighted by Gasteiger charge is -2.34. The second-order valence-electron chi connectivity index (χ2n) is 8.91. The first kappa shape index (κ1) is 26.3. The number of amides is 2. The molecular weight excluding hydrogens is 553 g/mol. The molecule has 1 fully saturated rings. The fourth-order valence-corrected chi connectivity index (χ4v) is 6.47. The van der Waals surface area contributed by atoms with Crippen LogP contribution in [0.3, 0.4) is 0 Å². The summed E-state index contributed by atoms with van der Waals surface area (Å²) in [4.78, 5) is 51.1. The van der Waals surface area contributed by atoms with Gasteiger partial charge in [0.25, 0.3) is 11.8 Å². The predicted octanol–water partition coefficient (Wildman–Crippen LogP) is 2.89. The molecule has 2 aromatic heterocycles. The average molecular weight is 576 g/mol. The average Bonchev–Trinajstić information content (AvgIpc) is 3.40. The van der Waals surface area contributed by atoms with Crippen molar-refractivity contribution in [2.24, 2.45) is 0 Å². The van der Waals surface area contributed by atoms with Crippen molar-refractivity contribution in [1.29, 1.82) is 0 Å². The van der Waals surface area contributed by atoms with Crippen molar-refractivity contribution in [2.75, 3.05) is 25.4 Å². The van der Waals surface area contributed by atoms with Crippen LogP contribution in [-0.4, -0.2) is 70.9 Å². The Morgan fingerprint density at radius 2 is 1.79 bits per heavy atom. The van der Waals surface area contributed by atoms with Crippen LogP contribution in [0.4, 0.5) is 0 Å². The number of hydrogen-bond acceptors (Lipinski definition) is 7. The summed E-state index contributed by atoms with van der Waals surface area (Å²) >= 11 is 12.4. The molecule has 3 aromatic rings. The molecule has 1 saturated heterocycles. The number of pyridine rings is 1. The minimum Gasteiger partial charge on any atom is -0.501 e. The van der Waals surface area contributed by atoms with Gasteiger partial charge in [-0.15, -0.1) is 0 Å². The van der Waals surface area contributed by atoms with Crippen LogP contribution in [0.25, 0.3) is 0 Å². The number of hydrogen-bond donors (Lipinski definition) is 1. The number of likely N-dealkylation sites (tertiary alicyclic amines) is 1. The molecule has 2 unspecified atom stereocenters. The third kappa shape index (κ3) is 4.81. The van der Waals surface area contributed by atoms with E-state index in [9.17, 15) is 23.7 Å². The number of aromatic nitrogens is 3. The normalized spacial score (nSPS) is 17.9. The zero-order valence-electron chi connectivity index (χ0n) is 20.0. The predicted molar refractivity (Wildman–Crippen MR) is 141 cm³/mol. The van der Waals surface area contributed by atoms with Crippen LogP contribution in [0.5, 0.6) is 5.75 Å². The highest BCUT2D eigenvalue weighted by Gasteiger charge is 2.39. The third-order valence-corrected chi connectivity index (χ3v) is 8.63. The summed E-state index contributed by atoms with van der Waals surface area (Å²) in [5.41, 5.74) is -1.03. The quantitative estimate of drug-likeness (QED) is 0.479. The van der Waals surface area contributed by atoms with Gasteiger partial charge < -0.3 is 19.5 Å². The first-order chi connectivity index (χ1) is 18.3. The van der Waals surface area contributed by atoms with Crippen LogP contribution < -0.4 is 5.56 Å². The SMILES string of the molecule is O=C1c2c(O)c(=O)nc(C3CCCN3C(=O)c3c(Cl)cncc3Cl)n2CCN1CCS(=O)c1ccccc1. The maximum absolute atomic E-state index is 13.4. The zero-order chi connectivity index (χ0) is 27.0. The molecule has 13 heteroatoms. The van der Waals surface area contributed by atoms with Gasteiger partial charge in [0.1, 0.15) is 5.82 Å². The van der Waals surface area contributed by atoms with Crippen molar-refractivity contribution in [1.82, 2.24) is 24.3 Å². The van der Waals surface area contributed by atoms with Gasteiger partial charge in [-0.1, -0.05) is 41.4 Å². The van der Waals surface area contributed by atoms with Crippen molar-refractivity contribution in [3.05, 3.63) is 80.2 Å². The molecule has 2 aliphatic rings. The van der Waals surface area contributed by atoms with E-state index in [-0.39, 0.29) is 52.5 Å². The second kappa shape index (κ2) is 10.8. The summed E-state index contributed by atoms with van der Waals surface area (Å²) < 4.78 is 14.2. The molecule has 0 aliphatic carbocycles. The number of fused-ring (bicyclic) bond motifs is 1. The van der Waals surface area contributed by atoms with Gasteiger partial charge in [0, 0.05) is 49.2 Å². The highest BCUT2D eigenvalue weighted by atomic mass is 35.5. The van der Waals surface area contributed by atoms with Gasteiger partial charge >= 0.3 is 5.56 Å². The molecule has 198 valence electrons. The van der Waals surface area contributed by atoms with Crippen molar-refractivity contribution in [2.45, 2.75) is 30.3 Å². The van der Waals surface area contributed by atoms with E-state index in [1.807, 2.05) is 6.07 Å². The highest BCUT2D eigenvalue weighted by molar-refractivity contribution is 7.85. The van der Waals surface area contributed by atoms with E-state index in [0.717, 1.165) is 0 Å². The lowest BCUT2D eigenvalue weighted by Crippen LogP contribution is -2.45. The first-order valence-corrected chi connectivity index (χ1v) is 14.0. The molecule has 1 aromatic carbocycles. The Labute approximate surface area is 230 Å². The number of rotatable bonds is 6. The van der Waals surface area contributed by atoms with Gasteiger partial charge in [-0.3, -0.25) is 23.6 Å². The summed E-state index contributed by atoms with van der Waals surface area (Å²) in [6.07, 6.45) is 3.79. The third-order valence-electron chi connectivity index (χ3n) is 6.70. The topological polar surface area (TPSA) is 126 Å². The van der Waals surface area contributed by atoms with Gasteiger partial charge in [0.05, 0.1) is 32.5 Å². The lowest BCUT2D eigenvalue weighted by molar-refractivity contribution is 0.0690. The summed E-state index contributed by atoms with van der Waals surface area (Å²) in [6, 6.07) is 8.31. The Kier molecular flexibility index (Phi) is 7.51. The fraction of sp³-hybridized carbons (Fsp3) is 0.320. The molecular formula is C25H23Cl2N5O5S. The largest absolute Gasteiger partial charge is 0.501 e. The molecule has 1 N–H and O–H groups in total. The minimum absolute atomic E-state index is 0.101. The Morgan fingerprint density at radius 1 is 1.08 bits per heavy atom. The number of aromatic hydroxyl groups is 1. The van der Waals surface area contributed by atoms with Crippen LogP contribution >= 0.6 is 23.2 Å². The molecule has 5 rings (SSSR count). The van der Waals surface area contributed by atoms with Crippen LogP contribution in [0.2, 0.25) is 10.0 Å². The van der Waals surface area contributed by atoms with E-state index in [1.165, 1.54) is 26.8 Å². The maximum atomic E-state index is 13.4. The van der Waals surface area contributed by atoms with Crippen LogP contribution in [0.1, 0.15) is 45.6 Å². The number of benzene rings is 1. The van der Waals surface area contributed by atoms with E-state index >= 15 is 0 Å². The molecule has 4 heterocycles. The van der Waals surface area contributed by atoms with Gasteiger partial charge in [-0.25, -0.2) is 0 Å². The fourth-order valence-electron chi connectivity index (χ4n) is 4.86. The van der Waals surface area contributed by atoms with E-state index in [2.05, 4.69) is 9.97 Å². The lowest BCUT2D eigenvalue weighted by atomic mass is 10.1. The van der Waals surface area contributed by atoms with E-state index in [1.54, 1.807) is 24.3 Å². The number of carbonyl (C=O) groups excluding carboxylic acids is 2. The van der Waals surface area contributed by atoms with Gasteiger partial charge in [0.2, 0.25) is 5.75 Å². The molecule has 0 bridgehead atoms. The molecule has 0 radical (unpaired) electrons. The van der Waals surface area contributed by atoms with Crippen LogP contribution in [0.15, 0.2) is 52.4 Å². The molecule has 0 saturated carbocycles. The van der Waals surface area contributed by atoms with E-state index < -0.39 is 40.0 Å². The molecule has 10 nitrogen and oxygen atoms in total. The van der Waals surface area contributed by atoms with Crippen LogP contribution in [0, 0.1) is 0 Å². The Bertz CT molecular complexity index is 1480. The number of nitrogens with zero attached hydrogens (tertiary/aromatic N) is 5. The monoisotopic (exact) mass is 575 g/mol. The van der Waals surface area contributed by atoms with Crippen molar-refractivity contribution < 1.29 is 18.9 Å². The summed E-state index contributed by atoms with van der Waals surface area (Å²) in [6.45, 7) is 1.05. The highest BCUT2D eigenvalue weighted by Crippen LogP contribution is 2.36. The van der Waals surface area contributed by atoms with Crippen LogP contribution in [-0.2, 0) is 17.3 Å². The summed E-state index contributed by atoms with van der Waals surface area (Å²) in [5.74, 6) is -1.32. The van der Waals surface area contributed by atoms with E-state index in [0.29, 0.717) is 24.3 Å². The van der Waals surface area contributed by atoms with Gasteiger partial charge in [-0.2, -0.15) is 4.98 Å². The molecule has 2 aliphatic heterocycles. The second-order valence-corrected chi connectivity index (χ2v) is 11.3. The Balaban J connectivity index is 1.43. The van der Waals surface area contributed by atoms with Gasteiger partial charge in [0.15, 0.2) is 5.69 Å². The van der Waals surface area contributed by atoms with Crippen molar-refractivity contribution in [3.63, 3.8) is 0 Å². The standard InChI is InChI=1S/C25H23Cl2N5O5S/c26-16-13-28-14-17(27)19(16)24(35)31-8-4-7-18(31)22-29-23(34)21(33)20-25(36)30(9-10-32(20)22)11-12-38(37)15-5-2-1-3-6-15/h1-3,5-6,13-14,18,33H,4,7-12H2. The molecule has 38 heavy (non-hydrogen) atoms. The smallest absolute Gasteiger partial charge is 0.315 e. The number of halogens is 2. The molecule has 2 amide bonds. The summed E-state index contributed by atoms with van der Waals surface area (Å²) in [5, 5.41) is 10.8. The Hall–Kier alpha value is -3.28. The van der Waals surface area contributed by atoms with Gasteiger partial charge in [-0.05, 0) is 25.0 Å². The molecule has 0 spiro atoms. The molecule has 2 atom stereocenters. The first-order valence-electron chi connectivity index (χ1n) is 11.9.